The number of nitrogens with one attached hydrogen (secondary N) is 1. The largest absolute Gasteiger partial charge is 0.351 e. The van der Waals surface area contributed by atoms with E-state index in [0.717, 1.165) is 32.1 Å². The van der Waals surface area contributed by atoms with Gasteiger partial charge in [-0.3, -0.25) is 0 Å². The van der Waals surface area contributed by atoms with Crippen LogP contribution in [-0.2, 0) is 6.54 Å². The van der Waals surface area contributed by atoms with Crippen LogP contribution in [0, 0.1) is 0 Å². The van der Waals surface area contributed by atoms with Crippen LogP contribution >= 0.6 is 11.3 Å². The molecule has 4 nitrogen and oxygen atoms in total. The van der Waals surface area contributed by atoms with Crippen molar-refractivity contribution >= 4 is 16.5 Å². The fourth-order valence-corrected chi connectivity index (χ4v) is 3.52. The van der Waals surface area contributed by atoms with Gasteiger partial charge >= 0.3 is 0 Å². The van der Waals surface area contributed by atoms with Crippen LogP contribution in [0.15, 0.2) is 0 Å². The fourth-order valence-electron chi connectivity index (χ4n) is 2.41. The van der Waals surface area contributed by atoms with Crippen molar-refractivity contribution in [1.82, 2.24) is 15.2 Å². The van der Waals surface area contributed by atoms with Crippen molar-refractivity contribution in [1.29, 1.82) is 0 Å². The molecule has 120 valence electrons. The smallest absolute Gasteiger partial charge is 0.185 e. The van der Waals surface area contributed by atoms with Gasteiger partial charge in [0.1, 0.15) is 0 Å². The lowest BCUT2D eigenvalue weighted by Gasteiger charge is -2.17. The monoisotopic (exact) mass is 310 g/mol. The third-order valence-corrected chi connectivity index (χ3v) is 5.00. The SMILES string of the molecule is CCCNCc1sc(N(C)CCCN(C)C)nc1C1CC1. The maximum Gasteiger partial charge on any atom is 0.185 e. The van der Waals surface area contributed by atoms with Crippen LogP contribution < -0.4 is 10.2 Å². The first-order valence-electron chi connectivity index (χ1n) is 8.18. The molecule has 1 fully saturated rings. The van der Waals surface area contributed by atoms with E-state index in [4.69, 9.17) is 4.98 Å². The molecule has 1 saturated carbocycles. The first-order chi connectivity index (χ1) is 10.1. The molecule has 0 unspecified atom stereocenters. The first-order valence-corrected chi connectivity index (χ1v) is 8.99. The molecule has 0 saturated heterocycles. The Morgan fingerprint density at radius 3 is 2.62 bits per heavy atom. The summed E-state index contributed by atoms with van der Waals surface area (Å²) in [5.41, 5.74) is 1.37. The van der Waals surface area contributed by atoms with Crippen LogP contribution in [-0.4, -0.2) is 50.7 Å². The molecule has 1 aromatic rings. The van der Waals surface area contributed by atoms with Crippen LogP contribution in [0.4, 0.5) is 5.13 Å². The average Bonchev–Trinajstić information content (AvgIpc) is 3.19. The van der Waals surface area contributed by atoms with Crippen LogP contribution in [0.5, 0.6) is 0 Å². The summed E-state index contributed by atoms with van der Waals surface area (Å²) in [5, 5.41) is 4.73. The van der Waals surface area contributed by atoms with Gasteiger partial charge in [-0.1, -0.05) is 6.92 Å². The van der Waals surface area contributed by atoms with Gasteiger partial charge in [0.15, 0.2) is 5.13 Å². The molecule has 0 aliphatic heterocycles. The molecule has 21 heavy (non-hydrogen) atoms. The lowest BCUT2D eigenvalue weighted by atomic mass is 10.2. The lowest BCUT2D eigenvalue weighted by Crippen LogP contribution is -2.23. The van der Waals surface area contributed by atoms with Crippen molar-refractivity contribution in [2.75, 3.05) is 45.7 Å². The van der Waals surface area contributed by atoms with Crippen molar-refractivity contribution in [2.24, 2.45) is 0 Å². The number of aromatic nitrogens is 1. The van der Waals surface area contributed by atoms with Gasteiger partial charge in [0.25, 0.3) is 0 Å². The van der Waals surface area contributed by atoms with E-state index in [0.29, 0.717) is 0 Å². The third-order valence-electron chi connectivity index (χ3n) is 3.82. The van der Waals surface area contributed by atoms with Gasteiger partial charge in [-0.25, -0.2) is 4.98 Å². The molecule has 1 aliphatic rings. The zero-order valence-corrected chi connectivity index (χ0v) is 14.8. The predicted molar refractivity (Wildman–Crippen MR) is 92.5 cm³/mol. The van der Waals surface area contributed by atoms with Crippen molar-refractivity contribution in [3.63, 3.8) is 0 Å². The molecule has 0 radical (unpaired) electrons. The van der Waals surface area contributed by atoms with Crippen LogP contribution in [0.2, 0.25) is 0 Å². The Morgan fingerprint density at radius 1 is 1.24 bits per heavy atom. The highest BCUT2D eigenvalue weighted by Gasteiger charge is 2.30. The van der Waals surface area contributed by atoms with E-state index in [1.54, 1.807) is 0 Å². The van der Waals surface area contributed by atoms with E-state index < -0.39 is 0 Å². The van der Waals surface area contributed by atoms with Crippen molar-refractivity contribution in [2.45, 2.75) is 45.1 Å². The Bertz CT molecular complexity index is 426. The molecule has 2 rings (SSSR count). The Hall–Kier alpha value is -0.650. The molecular weight excluding hydrogens is 280 g/mol. The summed E-state index contributed by atoms with van der Waals surface area (Å²) in [6, 6.07) is 0. The molecule has 1 N–H and O–H groups in total. The van der Waals surface area contributed by atoms with Gasteiger partial charge in [0.05, 0.1) is 5.69 Å². The van der Waals surface area contributed by atoms with E-state index in [-0.39, 0.29) is 0 Å². The van der Waals surface area contributed by atoms with Gasteiger partial charge < -0.3 is 15.1 Å². The van der Waals surface area contributed by atoms with E-state index >= 15 is 0 Å². The van der Waals surface area contributed by atoms with Gasteiger partial charge in [-0.2, -0.15) is 0 Å². The molecule has 1 heterocycles. The number of thiazole rings is 1. The number of rotatable bonds is 10. The standard InChI is InChI=1S/C16H30N4S/c1-5-9-17-12-14-15(13-7-8-13)18-16(21-14)20(4)11-6-10-19(2)3/h13,17H,5-12H2,1-4H3. The Labute approximate surface area is 133 Å². The van der Waals surface area contributed by atoms with Crippen LogP contribution in [0.1, 0.15) is 49.1 Å². The normalized spacial score (nSPS) is 14.9. The zero-order valence-electron chi connectivity index (χ0n) is 14.0. The molecule has 5 heteroatoms. The second kappa shape index (κ2) is 8.11. The second-order valence-corrected chi connectivity index (χ2v) is 7.40. The Morgan fingerprint density at radius 2 is 2.00 bits per heavy atom. The van der Waals surface area contributed by atoms with Crippen molar-refractivity contribution in [3.05, 3.63) is 10.6 Å². The molecular formula is C16H30N4S. The summed E-state index contributed by atoms with van der Waals surface area (Å²) in [6.45, 7) is 6.51. The number of hydrogen-bond donors (Lipinski definition) is 1. The maximum absolute atomic E-state index is 4.94. The minimum Gasteiger partial charge on any atom is -0.351 e. The summed E-state index contributed by atoms with van der Waals surface area (Å²) in [6.07, 6.45) is 5.03. The summed E-state index contributed by atoms with van der Waals surface area (Å²) in [7, 11) is 6.44. The molecule has 0 bridgehead atoms. The summed E-state index contributed by atoms with van der Waals surface area (Å²) < 4.78 is 0. The minimum absolute atomic E-state index is 0.739. The third kappa shape index (κ3) is 5.24. The van der Waals surface area contributed by atoms with Crippen molar-refractivity contribution < 1.29 is 0 Å². The molecule has 0 aromatic carbocycles. The van der Waals surface area contributed by atoms with E-state index in [1.807, 2.05) is 11.3 Å². The van der Waals surface area contributed by atoms with E-state index in [2.05, 4.69) is 43.2 Å². The zero-order chi connectivity index (χ0) is 15.2. The maximum atomic E-state index is 4.94. The van der Waals surface area contributed by atoms with Gasteiger partial charge in [-0.05, 0) is 52.9 Å². The summed E-state index contributed by atoms with van der Waals surface area (Å²) in [5.74, 6) is 0.739. The molecule has 0 atom stereocenters. The van der Waals surface area contributed by atoms with Crippen LogP contribution in [0.25, 0.3) is 0 Å². The van der Waals surface area contributed by atoms with Crippen LogP contribution in [0.3, 0.4) is 0 Å². The number of hydrogen-bond acceptors (Lipinski definition) is 5. The molecule has 0 spiro atoms. The molecule has 1 aromatic heterocycles. The van der Waals surface area contributed by atoms with E-state index in [1.165, 1.54) is 41.4 Å². The predicted octanol–water partition coefficient (Wildman–Crippen LogP) is 2.91. The van der Waals surface area contributed by atoms with Gasteiger partial charge in [0.2, 0.25) is 0 Å². The molecule has 0 amide bonds. The Balaban J connectivity index is 1.94. The highest BCUT2D eigenvalue weighted by Crippen LogP contribution is 2.44. The topological polar surface area (TPSA) is 31.4 Å². The number of nitrogens with zero attached hydrogens (tertiary/aromatic N) is 3. The minimum atomic E-state index is 0.739. The van der Waals surface area contributed by atoms with Gasteiger partial charge in [0, 0.05) is 30.9 Å². The quantitative estimate of drug-likeness (QED) is 0.673. The fraction of sp³-hybridized carbons (Fsp3) is 0.812. The second-order valence-electron chi connectivity index (χ2n) is 6.33. The lowest BCUT2D eigenvalue weighted by molar-refractivity contribution is 0.401. The van der Waals surface area contributed by atoms with Crippen molar-refractivity contribution in [3.8, 4) is 0 Å². The summed E-state index contributed by atoms with van der Waals surface area (Å²) >= 11 is 1.88. The highest BCUT2D eigenvalue weighted by atomic mass is 32.1. The highest BCUT2D eigenvalue weighted by molar-refractivity contribution is 7.15. The van der Waals surface area contributed by atoms with E-state index in [9.17, 15) is 0 Å². The number of anilines is 1. The summed E-state index contributed by atoms with van der Waals surface area (Å²) in [4.78, 5) is 11.0. The molecule has 1 aliphatic carbocycles. The van der Waals surface area contributed by atoms with Gasteiger partial charge in [-0.15, -0.1) is 11.3 Å². The average molecular weight is 311 g/mol. The first kappa shape index (κ1) is 16.7. The Kier molecular flexibility index (Phi) is 6.45.